The first-order valence-electron chi connectivity index (χ1n) is 9.05. The van der Waals surface area contributed by atoms with E-state index in [0.717, 1.165) is 12.1 Å². The summed E-state index contributed by atoms with van der Waals surface area (Å²) in [6.45, 7) is 0. The molecule has 0 fully saturated rings. The van der Waals surface area contributed by atoms with E-state index in [4.69, 9.17) is 4.42 Å². The molecule has 0 saturated heterocycles. The molecule has 0 bridgehead atoms. The lowest BCUT2D eigenvalue weighted by atomic mass is 9.88. The molecule has 4 rings (SSSR count). The predicted octanol–water partition coefficient (Wildman–Crippen LogP) is 4.94. The number of carbonyl (C=O) groups is 1. The first kappa shape index (κ1) is 19.6. The van der Waals surface area contributed by atoms with Gasteiger partial charge in [-0.25, -0.2) is 4.79 Å². The second kappa shape index (κ2) is 7.62. The van der Waals surface area contributed by atoms with Gasteiger partial charge in [0.1, 0.15) is 0 Å². The van der Waals surface area contributed by atoms with Crippen LogP contribution >= 0.6 is 0 Å². The van der Waals surface area contributed by atoms with Crippen LogP contribution in [-0.4, -0.2) is 15.8 Å². The molecule has 0 aliphatic rings. The number of hydrogen-bond donors (Lipinski definition) is 1. The quantitative estimate of drug-likeness (QED) is 0.471. The van der Waals surface area contributed by atoms with Gasteiger partial charge < -0.3 is 4.42 Å². The van der Waals surface area contributed by atoms with Crippen LogP contribution in [0.5, 0.6) is 0 Å². The molecule has 2 aromatic carbocycles. The van der Waals surface area contributed by atoms with Gasteiger partial charge in [-0.1, -0.05) is 18.2 Å². The van der Waals surface area contributed by atoms with Crippen molar-refractivity contribution in [2.24, 2.45) is 0 Å². The zero-order chi connectivity index (χ0) is 21.3. The predicted molar refractivity (Wildman–Crippen MR) is 103 cm³/mol. The maximum Gasteiger partial charge on any atom is 0.417 e. The van der Waals surface area contributed by atoms with Gasteiger partial charge in [-0.05, 0) is 48.0 Å². The summed E-state index contributed by atoms with van der Waals surface area (Å²) >= 11 is 0. The molecular weight excluding hydrogens is 397 g/mol. The molecule has 0 aliphatic carbocycles. The van der Waals surface area contributed by atoms with Crippen LogP contribution < -0.4 is 5.76 Å². The number of benzene rings is 2. The molecule has 0 saturated carbocycles. The number of aromatic nitrogens is 2. The Morgan fingerprint density at radius 1 is 1.07 bits per heavy atom. The number of H-pyrrole nitrogens is 1. The van der Waals surface area contributed by atoms with Gasteiger partial charge in [-0.2, -0.15) is 13.2 Å². The largest absolute Gasteiger partial charge is 0.417 e. The summed E-state index contributed by atoms with van der Waals surface area (Å²) in [6, 6.07) is 14.5. The van der Waals surface area contributed by atoms with Crippen molar-refractivity contribution in [1.82, 2.24) is 9.97 Å². The van der Waals surface area contributed by atoms with E-state index in [-0.39, 0.29) is 12.2 Å². The SMILES string of the molecule is O=C(C[C@@H](c1ccc(C(F)(F)F)cc1)c1ccccn1)c1ccc2oc(=O)[nH]c2c1. The lowest BCUT2D eigenvalue weighted by molar-refractivity contribution is -0.137. The van der Waals surface area contributed by atoms with E-state index in [1.807, 2.05) is 0 Å². The Labute approximate surface area is 168 Å². The minimum absolute atomic E-state index is 0.00400. The Morgan fingerprint density at radius 3 is 2.50 bits per heavy atom. The van der Waals surface area contributed by atoms with Crippen LogP contribution in [0.1, 0.15) is 39.5 Å². The van der Waals surface area contributed by atoms with Crippen molar-refractivity contribution >= 4 is 16.9 Å². The number of nitrogens with zero attached hydrogens (tertiary/aromatic N) is 1. The number of oxazole rings is 1. The average molecular weight is 412 g/mol. The lowest BCUT2D eigenvalue weighted by Crippen LogP contribution is -2.11. The number of fused-ring (bicyclic) bond motifs is 1. The molecule has 1 N–H and O–H groups in total. The Hall–Kier alpha value is -3.68. The van der Waals surface area contributed by atoms with Crippen molar-refractivity contribution < 1.29 is 22.4 Å². The van der Waals surface area contributed by atoms with Crippen molar-refractivity contribution in [3.63, 3.8) is 0 Å². The molecule has 8 heteroatoms. The second-order valence-corrected chi connectivity index (χ2v) is 6.78. The smallest absolute Gasteiger partial charge is 0.408 e. The first-order chi connectivity index (χ1) is 14.3. The molecule has 0 radical (unpaired) electrons. The number of alkyl halides is 3. The Kier molecular flexibility index (Phi) is 4.99. The highest BCUT2D eigenvalue weighted by Gasteiger charge is 2.30. The van der Waals surface area contributed by atoms with Gasteiger partial charge in [-0.3, -0.25) is 14.8 Å². The van der Waals surface area contributed by atoms with Gasteiger partial charge >= 0.3 is 11.9 Å². The summed E-state index contributed by atoms with van der Waals surface area (Å²) in [7, 11) is 0. The highest BCUT2D eigenvalue weighted by atomic mass is 19.4. The summed E-state index contributed by atoms with van der Waals surface area (Å²) in [6.07, 6.45) is -2.87. The fourth-order valence-corrected chi connectivity index (χ4v) is 3.31. The lowest BCUT2D eigenvalue weighted by Gasteiger charge is -2.17. The molecule has 0 aliphatic heterocycles. The summed E-state index contributed by atoms with van der Waals surface area (Å²) in [5.74, 6) is -1.39. The van der Waals surface area contributed by atoms with Crippen LogP contribution in [0.4, 0.5) is 13.2 Å². The van der Waals surface area contributed by atoms with Gasteiger partial charge in [0, 0.05) is 29.8 Å². The van der Waals surface area contributed by atoms with Gasteiger partial charge in [0.15, 0.2) is 11.4 Å². The monoisotopic (exact) mass is 412 g/mol. The van der Waals surface area contributed by atoms with Crippen molar-refractivity contribution in [3.8, 4) is 0 Å². The number of aromatic amines is 1. The summed E-state index contributed by atoms with van der Waals surface area (Å²) in [5, 5.41) is 0. The number of hydrogen-bond acceptors (Lipinski definition) is 4. The van der Waals surface area contributed by atoms with Crippen LogP contribution in [0.3, 0.4) is 0 Å². The van der Waals surface area contributed by atoms with E-state index in [2.05, 4.69) is 9.97 Å². The number of carbonyl (C=O) groups excluding carboxylic acids is 1. The average Bonchev–Trinajstić information content (AvgIpc) is 3.11. The molecule has 1 atom stereocenters. The molecule has 4 aromatic rings. The van der Waals surface area contributed by atoms with Gasteiger partial charge in [-0.15, -0.1) is 0 Å². The number of rotatable bonds is 5. The maximum atomic E-state index is 12.9. The standard InChI is InChI=1S/C22H15F3N2O3/c23-22(24,25)15-7-4-13(5-8-15)16(17-3-1-2-10-26-17)12-19(28)14-6-9-20-18(11-14)27-21(29)30-20/h1-11,16H,12H2,(H,27,29)/t16-/m0/s1. The van der Waals surface area contributed by atoms with Gasteiger partial charge in [0.25, 0.3) is 0 Å². The van der Waals surface area contributed by atoms with Crippen molar-refractivity contribution in [2.75, 3.05) is 0 Å². The van der Waals surface area contributed by atoms with Crippen molar-refractivity contribution in [3.05, 3.63) is 99.8 Å². The number of nitrogens with one attached hydrogen (secondary N) is 1. The van der Waals surface area contributed by atoms with Gasteiger partial charge in [0.05, 0.1) is 11.1 Å². The highest BCUT2D eigenvalue weighted by molar-refractivity contribution is 5.99. The van der Waals surface area contributed by atoms with E-state index in [9.17, 15) is 22.8 Å². The Bertz CT molecular complexity index is 1240. The molecule has 0 spiro atoms. The number of halogens is 3. The summed E-state index contributed by atoms with van der Waals surface area (Å²) in [5.41, 5.74) is 1.45. The minimum atomic E-state index is -4.44. The molecule has 0 unspecified atom stereocenters. The van der Waals surface area contributed by atoms with Crippen molar-refractivity contribution in [1.29, 1.82) is 0 Å². The fraction of sp³-hybridized carbons (Fsp3) is 0.136. The third kappa shape index (κ3) is 4.03. The van der Waals surface area contributed by atoms with Crippen LogP contribution in [0.2, 0.25) is 0 Å². The molecule has 5 nitrogen and oxygen atoms in total. The van der Waals surface area contributed by atoms with Gasteiger partial charge in [0.2, 0.25) is 0 Å². The number of Topliss-reactive ketones (excluding diaryl/α,β-unsaturated/α-hetero) is 1. The van der Waals surface area contributed by atoms with E-state index in [1.165, 1.54) is 24.3 Å². The summed E-state index contributed by atoms with van der Waals surface area (Å²) in [4.78, 5) is 31.1. The number of pyridine rings is 1. The van der Waals surface area contributed by atoms with E-state index in [1.54, 1.807) is 30.5 Å². The number of ketones is 1. The highest BCUT2D eigenvalue weighted by Crippen LogP contribution is 2.33. The van der Waals surface area contributed by atoms with E-state index >= 15 is 0 Å². The third-order valence-electron chi connectivity index (χ3n) is 4.82. The topological polar surface area (TPSA) is 76.0 Å². The second-order valence-electron chi connectivity index (χ2n) is 6.78. The molecule has 152 valence electrons. The van der Waals surface area contributed by atoms with Crippen LogP contribution in [-0.2, 0) is 6.18 Å². The first-order valence-corrected chi connectivity index (χ1v) is 9.05. The summed E-state index contributed by atoms with van der Waals surface area (Å²) < 4.78 is 43.7. The molecule has 0 amide bonds. The van der Waals surface area contributed by atoms with Crippen LogP contribution in [0, 0.1) is 0 Å². The zero-order valence-corrected chi connectivity index (χ0v) is 15.4. The van der Waals surface area contributed by atoms with Crippen LogP contribution in [0.15, 0.2) is 76.1 Å². The van der Waals surface area contributed by atoms with Crippen LogP contribution in [0.25, 0.3) is 11.1 Å². The van der Waals surface area contributed by atoms with Crippen molar-refractivity contribution in [2.45, 2.75) is 18.5 Å². The third-order valence-corrected chi connectivity index (χ3v) is 4.82. The normalized spacial score (nSPS) is 12.8. The molecule has 2 aromatic heterocycles. The molecular formula is C22H15F3N2O3. The Balaban J connectivity index is 1.67. The van der Waals surface area contributed by atoms with E-state index in [0.29, 0.717) is 27.9 Å². The Morgan fingerprint density at radius 2 is 1.83 bits per heavy atom. The molecule has 2 heterocycles. The van der Waals surface area contributed by atoms with E-state index < -0.39 is 23.4 Å². The minimum Gasteiger partial charge on any atom is -0.408 e. The fourth-order valence-electron chi connectivity index (χ4n) is 3.31. The zero-order valence-electron chi connectivity index (χ0n) is 15.4. The maximum absolute atomic E-state index is 12.9. The molecule has 30 heavy (non-hydrogen) atoms.